The Hall–Kier alpha value is -1.20. The molecule has 1 aliphatic rings. The number of hydrogen-bond acceptors (Lipinski definition) is 5. The van der Waals surface area contributed by atoms with Crippen LogP contribution >= 0.6 is 0 Å². The van der Waals surface area contributed by atoms with Crippen molar-refractivity contribution in [3.8, 4) is 0 Å². The lowest BCUT2D eigenvalue weighted by Crippen LogP contribution is -2.44. The molecule has 0 aliphatic carbocycles. The lowest BCUT2D eigenvalue weighted by molar-refractivity contribution is 0.00335. The summed E-state index contributed by atoms with van der Waals surface area (Å²) < 4.78 is 5.42. The molecule has 0 spiro atoms. The van der Waals surface area contributed by atoms with E-state index in [1.54, 1.807) is 6.33 Å². The van der Waals surface area contributed by atoms with E-state index in [2.05, 4.69) is 28.7 Å². The van der Waals surface area contributed by atoms with Crippen LogP contribution in [0.15, 0.2) is 12.4 Å². The Bertz CT molecular complexity index is 371. The van der Waals surface area contributed by atoms with E-state index in [0.717, 1.165) is 18.1 Å². The molecule has 5 heteroatoms. The Labute approximate surface area is 101 Å². The zero-order valence-electron chi connectivity index (χ0n) is 10.3. The number of aromatic nitrogens is 2. The van der Waals surface area contributed by atoms with Crippen LogP contribution in [0.2, 0.25) is 0 Å². The zero-order chi connectivity index (χ0) is 12.3. The molecular formula is C12H19N3O2. The fourth-order valence-electron chi connectivity index (χ4n) is 1.89. The molecule has 17 heavy (non-hydrogen) atoms. The second kappa shape index (κ2) is 5.42. The average molecular weight is 237 g/mol. The summed E-state index contributed by atoms with van der Waals surface area (Å²) in [6.45, 7) is 6.41. The van der Waals surface area contributed by atoms with Gasteiger partial charge in [0.05, 0.1) is 19.3 Å². The van der Waals surface area contributed by atoms with Crippen LogP contribution in [-0.4, -0.2) is 47.5 Å². The second-order valence-electron chi connectivity index (χ2n) is 4.58. The molecule has 1 N–H and O–H groups in total. The van der Waals surface area contributed by atoms with Crippen molar-refractivity contribution in [2.24, 2.45) is 0 Å². The predicted octanol–water partition coefficient (Wildman–Crippen LogP) is 0.797. The van der Waals surface area contributed by atoms with E-state index in [0.29, 0.717) is 19.1 Å². The summed E-state index contributed by atoms with van der Waals surface area (Å²) in [4.78, 5) is 10.7. The molecule has 0 amide bonds. The van der Waals surface area contributed by atoms with Crippen LogP contribution in [0.25, 0.3) is 0 Å². The molecule has 1 fully saturated rings. The highest BCUT2D eigenvalue weighted by atomic mass is 16.5. The Morgan fingerprint density at radius 1 is 1.53 bits per heavy atom. The minimum Gasteiger partial charge on any atom is -0.394 e. The average Bonchev–Trinajstić information content (AvgIpc) is 2.39. The van der Waals surface area contributed by atoms with E-state index in [9.17, 15) is 0 Å². The summed E-state index contributed by atoms with van der Waals surface area (Å²) in [5, 5.41) is 9.11. The molecule has 0 bridgehead atoms. The third-order valence-electron chi connectivity index (χ3n) is 2.93. The van der Waals surface area contributed by atoms with Crippen LogP contribution < -0.4 is 4.90 Å². The van der Waals surface area contributed by atoms with Gasteiger partial charge in [0, 0.05) is 24.8 Å². The van der Waals surface area contributed by atoms with E-state index in [1.807, 2.05) is 6.07 Å². The molecule has 2 heterocycles. The molecule has 0 radical (unpaired) electrons. The van der Waals surface area contributed by atoms with Crippen LogP contribution in [0.1, 0.15) is 25.5 Å². The summed E-state index contributed by atoms with van der Waals surface area (Å²) in [6.07, 6.45) is 1.50. The van der Waals surface area contributed by atoms with Crippen molar-refractivity contribution >= 4 is 5.82 Å². The monoisotopic (exact) mass is 237 g/mol. The number of aliphatic hydroxyl groups is 1. The van der Waals surface area contributed by atoms with Gasteiger partial charge in [-0.3, -0.25) is 0 Å². The number of rotatable bonds is 3. The quantitative estimate of drug-likeness (QED) is 0.842. The van der Waals surface area contributed by atoms with Gasteiger partial charge < -0.3 is 14.7 Å². The van der Waals surface area contributed by atoms with Crippen molar-refractivity contribution in [2.45, 2.75) is 25.9 Å². The third kappa shape index (κ3) is 2.92. The van der Waals surface area contributed by atoms with E-state index >= 15 is 0 Å². The number of nitrogens with zero attached hydrogens (tertiary/aromatic N) is 3. The number of aliphatic hydroxyl groups excluding tert-OH is 1. The summed E-state index contributed by atoms with van der Waals surface area (Å²) >= 11 is 0. The van der Waals surface area contributed by atoms with Gasteiger partial charge in [-0.05, 0) is 5.92 Å². The number of hydrogen-bond donors (Lipinski definition) is 1. The summed E-state index contributed by atoms with van der Waals surface area (Å²) in [7, 11) is 0. The van der Waals surface area contributed by atoms with Gasteiger partial charge >= 0.3 is 0 Å². The Balaban J connectivity index is 2.13. The van der Waals surface area contributed by atoms with Crippen LogP contribution in [0, 0.1) is 0 Å². The van der Waals surface area contributed by atoms with Gasteiger partial charge in [0.2, 0.25) is 0 Å². The maximum absolute atomic E-state index is 9.11. The smallest absolute Gasteiger partial charge is 0.132 e. The molecule has 0 saturated carbocycles. The lowest BCUT2D eigenvalue weighted by Gasteiger charge is -2.33. The minimum absolute atomic E-state index is 0.0542. The van der Waals surface area contributed by atoms with E-state index < -0.39 is 0 Å². The first-order valence-corrected chi connectivity index (χ1v) is 6.00. The molecular weight excluding hydrogens is 218 g/mol. The predicted molar refractivity (Wildman–Crippen MR) is 65.2 cm³/mol. The van der Waals surface area contributed by atoms with Crippen molar-refractivity contribution in [3.63, 3.8) is 0 Å². The topological polar surface area (TPSA) is 58.5 Å². The van der Waals surface area contributed by atoms with Gasteiger partial charge in [-0.1, -0.05) is 13.8 Å². The summed E-state index contributed by atoms with van der Waals surface area (Å²) in [5.41, 5.74) is 1.04. The van der Waals surface area contributed by atoms with Gasteiger partial charge in [-0.25, -0.2) is 9.97 Å². The first-order chi connectivity index (χ1) is 8.20. The third-order valence-corrected chi connectivity index (χ3v) is 2.93. The zero-order valence-corrected chi connectivity index (χ0v) is 10.3. The van der Waals surface area contributed by atoms with Gasteiger partial charge in [-0.2, -0.15) is 0 Å². The molecule has 1 aliphatic heterocycles. The fraction of sp³-hybridized carbons (Fsp3) is 0.667. The molecule has 5 nitrogen and oxygen atoms in total. The molecule has 1 aromatic heterocycles. The van der Waals surface area contributed by atoms with E-state index in [-0.39, 0.29) is 12.7 Å². The maximum Gasteiger partial charge on any atom is 0.132 e. The molecule has 1 aromatic rings. The van der Waals surface area contributed by atoms with Crippen molar-refractivity contribution in [2.75, 3.05) is 31.2 Å². The number of anilines is 1. The largest absolute Gasteiger partial charge is 0.394 e. The highest BCUT2D eigenvalue weighted by molar-refractivity contribution is 5.40. The van der Waals surface area contributed by atoms with Gasteiger partial charge in [-0.15, -0.1) is 0 Å². The highest BCUT2D eigenvalue weighted by Crippen LogP contribution is 2.19. The second-order valence-corrected chi connectivity index (χ2v) is 4.58. The number of ether oxygens (including phenoxy) is 1. The van der Waals surface area contributed by atoms with E-state index in [4.69, 9.17) is 9.84 Å². The van der Waals surface area contributed by atoms with Crippen LogP contribution in [0.4, 0.5) is 5.82 Å². The first-order valence-electron chi connectivity index (χ1n) is 6.00. The summed E-state index contributed by atoms with van der Waals surface area (Å²) in [6, 6.07) is 2.02. The van der Waals surface area contributed by atoms with Gasteiger partial charge in [0.1, 0.15) is 12.1 Å². The van der Waals surface area contributed by atoms with Crippen molar-refractivity contribution in [3.05, 3.63) is 18.1 Å². The van der Waals surface area contributed by atoms with Gasteiger partial charge in [0.25, 0.3) is 0 Å². The Kier molecular flexibility index (Phi) is 3.91. The van der Waals surface area contributed by atoms with E-state index in [1.165, 1.54) is 0 Å². The highest BCUT2D eigenvalue weighted by Gasteiger charge is 2.21. The minimum atomic E-state index is -0.110. The Morgan fingerprint density at radius 2 is 2.35 bits per heavy atom. The maximum atomic E-state index is 9.11. The number of morpholine rings is 1. The molecule has 1 saturated heterocycles. The van der Waals surface area contributed by atoms with Crippen LogP contribution in [0.5, 0.6) is 0 Å². The fourth-order valence-corrected chi connectivity index (χ4v) is 1.89. The van der Waals surface area contributed by atoms with Crippen molar-refractivity contribution in [1.29, 1.82) is 0 Å². The molecule has 1 atom stereocenters. The molecule has 94 valence electrons. The van der Waals surface area contributed by atoms with Crippen molar-refractivity contribution in [1.82, 2.24) is 9.97 Å². The first kappa shape index (κ1) is 12.3. The molecule has 0 aromatic carbocycles. The van der Waals surface area contributed by atoms with Crippen molar-refractivity contribution < 1.29 is 9.84 Å². The normalized spacial score (nSPS) is 20.9. The lowest BCUT2D eigenvalue weighted by atomic mass is 10.1. The molecule has 2 rings (SSSR count). The van der Waals surface area contributed by atoms with Crippen LogP contribution in [0.3, 0.4) is 0 Å². The molecule has 1 unspecified atom stereocenters. The summed E-state index contributed by atoms with van der Waals surface area (Å²) in [5.74, 6) is 1.32. The van der Waals surface area contributed by atoms with Gasteiger partial charge in [0.15, 0.2) is 0 Å². The Morgan fingerprint density at radius 3 is 3.06 bits per heavy atom. The SMILES string of the molecule is CC(C)c1cc(N2CCOC(CO)C2)ncn1. The van der Waals surface area contributed by atoms with Crippen LogP contribution in [-0.2, 0) is 4.74 Å². The standard InChI is InChI=1S/C12H19N3O2/c1-9(2)11-5-12(14-8-13-11)15-3-4-17-10(6-15)7-16/h5,8-10,16H,3-4,6-7H2,1-2H3.